The average Bonchev–Trinajstić information content (AvgIpc) is 3.12. The van der Waals surface area contributed by atoms with Gasteiger partial charge in [0, 0.05) is 21.8 Å². The lowest BCUT2D eigenvalue weighted by molar-refractivity contribution is 0.610. The monoisotopic (exact) mass is 303 g/mol. The van der Waals surface area contributed by atoms with Crippen molar-refractivity contribution < 1.29 is 8.42 Å². The van der Waals surface area contributed by atoms with Crippen LogP contribution in [0.25, 0.3) is 22.3 Å². The molecule has 0 N–H and O–H groups in total. The molecule has 3 aromatic rings. The Kier molecular flexibility index (Phi) is 3.20. The number of rotatable bonds is 3. The molecule has 0 atom stereocenters. The highest BCUT2D eigenvalue weighted by molar-refractivity contribution is 8.12. The quantitative estimate of drug-likeness (QED) is 0.697. The summed E-state index contributed by atoms with van der Waals surface area (Å²) < 4.78 is 26.0. The topological polar surface area (TPSA) is 46.5 Å². The maximum Gasteiger partial charge on any atom is 0.340 e. The number of halogens is 1. The third-order valence-electron chi connectivity index (χ3n) is 2.99. The molecule has 3 aromatic carbocycles. The van der Waals surface area contributed by atoms with Gasteiger partial charge in [0.1, 0.15) is 0 Å². The predicted octanol–water partition coefficient (Wildman–Crippen LogP) is 3.28. The first kappa shape index (κ1) is 13.1. The molecule has 0 saturated carbocycles. The van der Waals surface area contributed by atoms with Gasteiger partial charge >= 0.3 is 9.24 Å². The summed E-state index contributed by atoms with van der Waals surface area (Å²) in [4.78, 5) is 0. The highest BCUT2D eigenvalue weighted by Crippen LogP contribution is 2.34. The summed E-state index contributed by atoms with van der Waals surface area (Å²) in [7, 11) is 1.31. The van der Waals surface area contributed by atoms with E-state index >= 15 is 0 Å². The number of hydrogen-bond donors (Lipinski definition) is 0. The van der Waals surface area contributed by atoms with E-state index in [9.17, 15) is 8.42 Å². The summed E-state index contributed by atoms with van der Waals surface area (Å²) in [5.41, 5.74) is 3.54. The van der Waals surface area contributed by atoms with Gasteiger partial charge in [-0.25, -0.2) is 0 Å². The standard InChI is InChI=1S/C15H10ClNO2S/c16-20(18,19)17-15-13(11-7-3-1-4-8-11)14(15)12-9-5-2-6-10-12/h1-10H. The molecular weight excluding hydrogens is 294 g/mol. The van der Waals surface area contributed by atoms with Crippen molar-refractivity contribution in [3.05, 3.63) is 66.0 Å². The number of nitrogens with zero attached hydrogens (tertiary/aromatic N) is 1. The predicted molar refractivity (Wildman–Crippen MR) is 80.0 cm³/mol. The van der Waals surface area contributed by atoms with Crippen molar-refractivity contribution in [2.24, 2.45) is 4.40 Å². The Morgan fingerprint density at radius 2 is 1.15 bits per heavy atom. The molecule has 0 aliphatic carbocycles. The maximum atomic E-state index is 11.2. The normalized spacial score (nSPS) is 11.7. The maximum absolute atomic E-state index is 11.2. The Labute approximate surface area is 121 Å². The van der Waals surface area contributed by atoms with E-state index in [1.165, 1.54) is 0 Å². The van der Waals surface area contributed by atoms with Crippen LogP contribution in [-0.2, 0) is 9.24 Å². The molecule has 0 unspecified atom stereocenters. The van der Waals surface area contributed by atoms with E-state index in [0.29, 0.717) is 5.36 Å². The van der Waals surface area contributed by atoms with E-state index in [-0.39, 0.29) is 0 Å². The number of hydrogen-bond acceptors (Lipinski definition) is 2. The minimum Gasteiger partial charge on any atom is -0.187 e. The second-order valence-corrected chi connectivity index (χ2v) is 6.51. The third kappa shape index (κ3) is 2.66. The summed E-state index contributed by atoms with van der Waals surface area (Å²) in [5, 5.41) is 0.442. The summed E-state index contributed by atoms with van der Waals surface area (Å²) in [6, 6.07) is 19.1. The molecule has 0 spiro atoms. The molecule has 0 radical (unpaired) electrons. The molecule has 100 valence electrons. The van der Waals surface area contributed by atoms with Crippen LogP contribution in [0.3, 0.4) is 0 Å². The van der Waals surface area contributed by atoms with Crippen LogP contribution in [0.1, 0.15) is 0 Å². The van der Waals surface area contributed by atoms with E-state index in [0.717, 1.165) is 22.3 Å². The van der Waals surface area contributed by atoms with E-state index in [2.05, 4.69) is 4.40 Å². The zero-order chi connectivity index (χ0) is 14.2. The smallest absolute Gasteiger partial charge is 0.187 e. The molecule has 0 bridgehead atoms. The van der Waals surface area contributed by atoms with Crippen LogP contribution in [0.5, 0.6) is 0 Å². The van der Waals surface area contributed by atoms with Gasteiger partial charge in [-0.15, -0.1) is 4.40 Å². The van der Waals surface area contributed by atoms with E-state index in [4.69, 9.17) is 10.7 Å². The second kappa shape index (κ2) is 4.89. The molecule has 0 amide bonds. The molecule has 0 saturated heterocycles. The second-order valence-electron chi connectivity index (χ2n) is 4.33. The van der Waals surface area contributed by atoms with Gasteiger partial charge in [0.05, 0.1) is 5.36 Å². The van der Waals surface area contributed by atoms with Gasteiger partial charge in [0.2, 0.25) is 0 Å². The first-order valence-electron chi connectivity index (χ1n) is 5.97. The van der Waals surface area contributed by atoms with Gasteiger partial charge in [0.15, 0.2) is 0 Å². The Balaban J connectivity index is 2.19. The van der Waals surface area contributed by atoms with Crippen molar-refractivity contribution in [2.45, 2.75) is 0 Å². The SMILES string of the molecule is O=S(=O)(Cl)N=c1c(-c2ccccc2)c1-c1ccccc1. The lowest BCUT2D eigenvalue weighted by Gasteiger charge is -1.93. The first-order valence-corrected chi connectivity index (χ1v) is 8.23. The lowest BCUT2D eigenvalue weighted by Crippen LogP contribution is -1.91. The van der Waals surface area contributed by atoms with Gasteiger partial charge in [0.25, 0.3) is 0 Å². The van der Waals surface area contributed by atoms with Gasteiger partial charge in [-0.1, -0.05) is 60.7 Å². The van der Waals surface area contributed by atoms with Crippen LogP contribution < -0.4 is 5.36 Å². The Bertz CT molecular complexity index is 807. The van der Waals surface area contributed by atoms with Gasteiger partial charge < -0.3 is 0 Å². The highest BCUT2D eigenvalue weighted by atomic mass is 35.7. The van der Waals surface area contributed by atoms with Crippen LogP contribution in [-0.4, -0.2) is 8.42 Å². The largest absolute Gasteiger partial charge is 0.340 e. The molecule has 0 fully saturated rings. The fourth-order valence-electron chi connectivity index (χ4n) is 2.15. The Hall–Kier alpha value is -1.91. The molecule has 5 heteroatoms. The van der Waals surface area contributed by atoms with Crippen LogP contribution in [0.15, 0.2) is 65.1 Å². The van der Waals surface area contributed by atoms with Crippen molar-refractivity contribution in [2.75, 3.05) is 0 Å². The van der Waals surface area contributed by atoms with Crippen molar-refractivity contribution in [1.82, 2.24) is 0 Å². The highest BCUT2D eigenvalue weighted by Gasteiger charge is 2.24. The number of benzene rings is 2. The fraction of sp³-hybridized carbons (Fsp3) is 0. The molecule has 3 nitrogen and oxygen atoms in total. The molecule has 0 aliphatic heterocycles. The van der Waals surface area contributed by atoms with Crippen molar-refractivity contribution in [3.8, 4) is 22.3 Å². The van der Waals surface area contributed by atoms with Gasteiger partial charge in [-0.3, -0.25) is 0 Å². The van der Waals surface area contributed by atoms with E-state index in [1.54, 1.807) is 0 Å². The van der Waals surface area contributed by atoms with Crippen LogP contribution in [0.2, 0.25) is 0 Å². The Morgan fingerprint density at radius 1 is 0.750 bits per heavy atom. The zero-order valence-electron chi connectivity index (χ0n) is 10.3. The first-order chi connectivity index (χ1) is 9.56. The van der Waals surface area contributed by atoms with Crippen molar-refractivity contribution in [3.63, 3.8) is 0 Å². The molecule has 0 aromatic heterocycles. The molecule has 3 rings (SSSR count). The van der Waals surface area contributed by atoms with Gasteiger partial charge in [-0.2, -0.15) is 8.42 Å². The zero-order valence-corrected chi connectivity index (χ0v) is 11.9. The average molecular weight is 304 g/mol. The minimum atomic E-state index is -3.92. The lowest BCUT2D eigenvalue weighted by atomic mass is 10.1. The van der Waals surface area contributed by atoms with Crippen molar-refractivity contribution >= 4 is 19.9 Å². The van der Waals surface area contributed by atoms with E-state index in [1.807, 2.05) is 60.7 Å². The molecule has 0 aliphatic rings. The van der Waals surface area contributed by atoms with Crippen LogP contribution in [0.4, 0.5) is 0 Å². The summed E-state index contributed by atoms with van der Waals surface area (Å²) in [5.74, 6) is 0. The fourth-order valence-corrected chi connectivity index (χ4v) is 2.76. The van der Waals surface area contributed by atoms with E-state index < -0.39 is 9.24 Å². The Morgan fingerprint density at radius 3 is 1.50 bits per heavy atom. The molecule has 0 heterocycles. The summed E-state index contributed by atoms with van der Waals surface area (Å²) >= 11 is 0. The molecule has 20 heavy (non-hydrogen) atoms. The van der Waals surface area contributed by atoms with Gasteiger partial charge in [-0.05, 0) is 11.1 Å². The summed E-state index contributed by atoms with van der Waals surface area (Å²) in [6.07, 6.45) is 0. The minimum absolute atomic E-state index is 0.442. The summed E-state index contributed by atoms with van der Waals surface area (Å²) in [6.45, 7) is 0. The molecular formula is C15H10ClNO2S. The van der Waals surface area contributed by atoms with Crippen LogP contribution >= 0.6 is 10.7 Å². The van der Waals surface area contributed by atoms with Crippen LogP contribution in [0, 0.1) is 0 Å². The van der Waals surface area contributed by atoms with Crippen molar-refractivity contribution in [1.29, 1.82) is 0 Å². The third-order valence-corrected chi connectivity index (χ3v) is 3.59.